The number of rotatable bonds is 8. The summed E-state index contributed by atoms with van der Waals surface area (Å²) in [6.07, 6.45) is 5.26. The summed E-state index contributed by atoms with van der Waals surface area (Å²) >= 11 is 5.57. The standard InChI is InChI=1S/C15H20ClF2N/c1-3-5-6-7-15(19-8-4-2)11-9-14(18)12(16)10-13(11)17/h3,9-10,15,19H,1,4-8H2,2H3. The van der Waals surface area contributed by atoms with E-state index in [1.54, 1.807) is 0 Å². The van der Waals surface area contributed by atoms with E-state index in [1.807, 2.05) is 13.0 Å². The highest BCUT2D eigenvalue weighted by Gasteiger charge is 2.17. The van der Waals surface area contributed by atoms with Crippen molar-refractivity contribution < 1.29 is 8.78 Å². The number of halogens is 3. The fraction of sp³-hybridized carbons (Fsp3) is 0.467. The first-order valence-electron chi connectivity index (χ1n) is 6.58. The molecule has 0 aliphatic rings. The molecule has 0 saturated carbocycles. The molecule has 0 spiro atoms. The predicted octanol–water partition coefficient (Wildman–Crippen LogP) is 5.02. The monoisotopic (exact) mass is 287 g/mol. The van der Waals surface area contributed by atoms with E-state index in [4.69, 9.17) is 11.6 Å². The van der Waals surface area contributed by atoms with Gasteiger partial charge in [-0.15, -0.1) is 6.58 Å². The van der Waals surface area contributed by atoms with Gasteiger partial charge in [-0.3, -0.25) is 0 Å². The van der Waals surface area contributed by atoms with Crippen LogP contribution in [0.15, 0.2) is 24.8 Å². The van der Waals surface area contributed by atoms with Crippen LogP contribution in [0, 0.1) is 11.6 Å². The molecule has 4 heteroatoms. The lowest BCUT2D eigenvalue weighted by Gasteiger charge is -2.19. The molecule has 1 rings (SSSR count). The van der Waals surface area contributed by atoms with E-state index in [0.717, 1.165) is 38.3 Å². The van der Waals surface area contributed by atoms with E-state index in [-0.39, 0.29) is 11.1 Å². The maximum absolute atomic E-state index is 13.9. The third-order valence-electron chi connectivity index (χ3n) is 2.96. The second-order valence-corrected chi connectivity index (χ2v) is 4.92. The van der Waals surface area contributed by atoms with Crippen LogP contribution in [0.4, 0.5) is 8.78 Å². The van der Waals surface area contributed by atoms with Gasteiger partial charge >= 0.3 is 0 Å². The maximum atomic E-state index is 13.9. The summed E-state index contributed by atoms with van der Waals surface area (Å²) in [6.45, 7) is 6.46. The van der Waals surface area contributed by atoms with Crippen molar-refractivity contribution in [3.8, 4) is 0 Å². The number of nitrogens with one attached hydrogen (secondary N) is 1. The average Bonchev–Trinajstić information content (AvgIpc) is 2.38. The second kappa shape index (κ2) is 8.28. The molecule has 0 saturated heterocycles. The minimum atomic E-state index is -0.579. The van der Waals surface area contributed by atoms with Gasteiger partial charge in [0.1, 0.15) is 11.6 Å². The Morgan fingerprint density at radius 3 is 2.74 bits per heavy atom. The van der Waals surface area contributed by atoms with Gasteiger partial charge in [-0.05, 0) is 44.4 Å². The quantitative estimate of drug-likeness (QED) is 0.402. The zero-order valence-corrected chi connectivity index (χ0v) is 11.9. The van der Waals surface area contributed by atoms with Crippen LogP contribution in [-0.4, -0.2) is 6.54 Å². The molecule has 0 amide bonds. The molecule has 0 aromatic heterocycles. The van der Waals surface area contributed by atoms with Gasteiger partial charge in [0.25, 0.3) is 0 Å². The van der Waals surface area contributed by atoms with Crippen molar-refractivity contribution in [3.05, 3.63) is 47.0 Å². The van der Waals surface area contributed by atoms with Crippen LogP contribution in [0.1, 0.15) is 44.2 Å². The molecule has 1 atom stereocenters. The van der Waals surface area contributed by atoms with Gasteiger partial charge in [-0.25, -0.2) is 8.78 Å². The van der Waals surface area contributed by atoms with Crippen LogP contribution in [0.2, 0.25) is 5.02 Å². The smallest absolute Gasteiger partial charge is 0.142 e. The number of unbranched alkanes of at least 4 members (excludes halogenated alkanes) is 1. The van der Waals surface area contributed by atoms with Crippen LogP contribution in [0.25, 0.3) is 0 Å². The van der Waals surface area contributed by atoms with E-state index in [9.17, 15) is 8.78 Å². The van der Waals surface area contributed by atoms with Gasteiger partial charge in [-0.1, -0.05) is 24.6 Å². The molecule has 1 nitrogen and oxygen atoms in total. The zero-order valence-electron chi connectivity index (χ0n) is 11.2. The van der Waals surface area contributed by atoms with E-state index >= 15 is 0 Å². The summed E-state index contributed by atoms with van der Waals surface area (Å²) in [6, 6.07) is 2.05. The molecule has 106 valence electrons. The molecule has 0 aliphatic heterocycles. The Kier molecular flexibility index (Phi) is 7.03. The van der Waals surface area contributed by atoms with E-state index in [0.29, 0.717) is 5.56 Å². The van der Waals surface area contributed by atoms with Crippen LogP contribution in [-0.2, 0) is 0 Å². The van der Waals surface area contributed by atoms with Crippen LogP contribution < -0.4 is 5.32 Å². The van der Waals surface area contributed by atoms with Gasteiger partial charge in [0.15, 0.2) is 0 Å². The lowest BCUT2D eigenvalue weighted by Crippen LogP contribution is -2.23. The van der Waals surface area contributed by atoms with E-state index in [1.165, 1.54) is 6.07 Å². The zero-order chi connectivity index (χ0) is 14.3. The minimum Gasteiger partial charge on any atom is -0.310 e. The highest BCUT2D eigenvalue weighted by Crippen LogP contribution is 2.27. The number of hydrogen-bond acceptors (Lipinski definition) is 1. The van der Waals surface area contributed by atoms with Crippen LogP contribution in [0.5, 0.6) is 0 Å². The molecule has 1 unspecified atom stereocenters. The molecule has 0 bridgehead atoms. The van der Waals surface area contributed by atoms with Crippen molar-refractivity contribution >= 4 is 11.6 Å². The van der Waals surface area contributed by atoms with Gasteiger partial charge in [0.2, 0.25) is 0 Å². The van der Waals surface area contributed by atoms with Gasteiger partial charge in [0, 0.05) is 11.6 Å². The summed E-state index contributed by atoms with van der Waals surface area (Å²) in [5.74, 6) is -1.04. The van der Waals surface area contributed by atoms with Crippen LogP contribution in [0.3, 0.4) is 0 Å². The third-order valence-corrected chi connectivity index (χ3v) is 3.25. The summed E-state index contributed by atoms with van der Waals surface area (Å²) in [5, 5.41) is 3.07. The molecule has 19 heavy (non-hydrogen) atoms. The van der Waals surface area contributed by atoms with Crippen molar-refractivity contribution in [2.24, 2.45) is 0 Å². The lowest BCUT2D eigenvalue weighted by molar-refractivity contribution is 0.459. The Hall–Kier alpha value is -0.930. The summed E-state index contributed by atoms with van der Waals surface area (Å²) in [4.78, 5) is 0. The fourth-order valence-corrected chi connectivity index (χ4v) is 2.11. The van der Waals surface area contributed by atoms with Crippen molar-refractivity contribution in [3.63, 3.8) is 0 Å². The van der Waals surface area contributed by atoms with E-state index in [2.05, 4.69) is 11.9 Å². The van der Waals surface area contributed by atoms with Gasteiger partial charge in [-0.2, -0.15) is 0 Å². The van der Waals surface area contributed by atoms with Gasteiger partial charge < -0.3 is 5.32 Å². The van der Waals surface area contributed by atoms with Crippen molar-refractivity contribution in [1.82, 2.24) is 5.32 Å². The number of hydrogen-bond donors (Lipinski definition) is 1. The largest absolute Gasteiger partial charge is 0.310 e. The summed E-state index contributed by atoms with van der Waals surface area (Å²) in [5.41, 5.74) is 0.347. The Bertz CT molecular complexity index is 421. The van der Waals surface area contributed by atoms with Crippen molar-refractivity contribution in [1.29, 1.82) is 0 Å². The Balaban J connectivity index is 2.88. The lowest BCUT2D eigenvalue weighted by atomic mass is 10.00. The SMILES string of the molecule is C=CCCCC(NCCC)c1cc(F)c(Cl)cc1F. The van der Waals surface area contributed by atoms with Gasteiger partial charge in [0.05, 0.1) is 5.02 Å². The third kappa shape index (κ3) is 4.92. The first kappa shape index (κ1) is 16.1. The number of allylic oxidation sites excluding steroid dienone is 1. The molecule has 1 N–H and O–H groups in total. The molecule has 0 aliphatic carbocycles. The summed E-state index contributed by atoms with van der Waals surface area (Å²) < 4.78 is 27.4. The maximum Gasteiger partial charge on any atom is 0.142 e. The average molecular weight is 288 g/mol. The normalized spacial score (nSPS) is 12.4. The Morgan fingerprint density at radius 2 is 2.11 bits per heavy atom. The molecule has 0 fully saturated rings. The fourth-order valence-electron chi connectivity index (χ4n) is 1.96. The van der Waals surface area contributed by atoms with Crippen molar-refractivity contribution in [2.75, 3.05) is 6.54 Å². The minimum absolute atomic E-state index is 0.179. The molecular formula is C15H20ClF2N. The van der Waals surface area contributed by atoms with Crippen LogP contribution >= 0.6 is 11.6 Å². The molecule has 0 radical (unpaired) electrons. The molecule has 1 aromatic rings. The highest BCUT2D eigenvalue weighted by atomic mass is 35.5. The first-order chi connectivity index (χ1) is 9.10. The number of benzene rings is 1. The molecule has 1 aromatic carbocycles. The Labute approximate surface area is 118 Å². The second-order valence-electron chi connectivity index (χ2n) is 4.51. The Morgan fingerprint density at radius 1 is 1.37 bits per heavy atom. The first-order valence-corrected chi connectivity index (χ1v) is 6.96. The van der Waals surface area contributed by atoms with E-state index < -0.39 is 11.6 Å². The topological polar surface area (TPSA) is 12.0 Å². The molecular weight excluding hydrogens is 268 g/mol. The van der Waals surface area contributed by atoms with Crippen molar-refractivity contribution in [2.45, 2.75) is 38.6 Å². The summed E-state index contributed by atoms with van der Waals surface area (Å²) in [7, 11) is 0. The predicted molar refractivity (Wildman–Crippen MR) is 76.5 cm³/mol. The molecule has 0 heterocycles. The highest BCUT2D eigenvalue weighted by molar-refractivity contribution is 6.30.